The molecule has 0 bridgehead atoms. The van der Waals surface area contributed by atoms with Crippen LogP contribution in [0, 0.1) is 0 Å². The van der Waals surface area contributed by atoms with Gasteiger partial charge >= 0.3 is 0 Å². The number of aromatic nitrogens is 2. The molecule has 1 atom stereocenters. The Hall–Kier alpha value is -1.22. The molecule has 1 aliphatic heterocycles. The quantitative estimate of drug-likeness (QED) is 0.330. The third-order valence-electron chi connectivity index (χ3n) is 4.54. The van der Waals surface area contributed by atoms with Crippen LogP contribution in [0.2, 0.25) is 0 Å². The second-order valence-electron chi connectivity index (χ2n) is 6.49. The van der Waals surface area contributed by atoms with Gasteiger partial charge in [0.05, 0.1) is 19.3 Å². The first-order chi connectivity index (χ1) is 13.4. The molecule has 12 heteroatoms. The van der Waals surface area contributed by atoms with Crippen LogP contribution in [0.25, 0.3) is 0 Å². The molecule has 0 aromatic carbocycles. The van der Waals surface area contributed by atoms with Crippen LogP contribution in [0.1, 0.15) is 11.7 Å². The summed E-state index contributed by atoms with van der Waals surface area (Å²) in [6, 6.07) is 3.36. The summed E-state index contributed by atoms with van der Waals surface area (Å²) in [6.45, 7) is 2.78. The van der Waals surface area contributed by atoms with Crippen LogP contribution in [0.5, 0.6) is 0 Å². The van der Waals surface area contributed by atoms with Crippen LogP contribution in [0.3, 0.4) is 0 Å². The van der Waals surface area contributed by atoms with Gasteiger partial charge in [-0.05, 0) is 11.4 Å². The summed E-state index contributed by atoms with van der Waals surface area (Å²) in [5, 5.41) is 9.23. The molecule has 29 heavy (non-hydrogen) atoms. The maximum atomic E-state index is 12.5. The van der Waals surface area contributed by atoms with Crippen molar-refractivity contribution in [2.24, 2.45) is 12.0 Å². The smallest absolute Gasteiger partial charge is 0.252 e. The molecule has 1 fully saturated rings. The van der Waals surface area contributed by atoms with Crippen molar-refractivity contribution in [1.29, 1.82) is 0 Å². The second kappa shape index (κ2) is 10.7. The van der Waals surface area contributed by atoms with Crippen LogP contribution in [-0.2, 0) is 21.8 Å². The van der Waals surface area contributed by atoms with Crippen LogP contribution in [-0.4, -0.2) is 80.2 Å². The van der Waals surface area contributed by atoms with Crippen molar-refractivity contribution in [3.63, 3.8) is 0 Å². The summed E-state index contributed by atoms with van der Waals surface area (Å²) in [5.41, 5.74) is 1.03. The maximum absolute atomic E-state index is 12.5. The number of nitrogens with one attached hydrogen (secondary N) is 1. The number of hydrogen-bond donors (Lipinski definition) is 1. The zero-order chi connectivity index (χ0) is 20.1. The Kier molecular flexibility index (Phi) is 8.88. The molecule has 3 rings (SSSR count). The lowest BCUT2D eigenvalue weighted by Gasteiger charge is -2.35. The molecule has 1 unspecified atom stereocenters. The maximum Gasteiger partial charge on any atom is 0.252 e. The van der Waals surface area contributed by atoms with Gasteiger partial charge in [0.2, 0.25) is 0 Å². The van der Waals surface area contributed by atoms with E-state index in [0.29, 0.717) is 30.5 Å². The van der Waals surface area contributed by atoms with E-state index in [1.54, 1.807) is 36.3 Å². The molecule has 2 aromatic heterocycles. The molecule has 1 aliphatic rings. The predicted molar refractivity (Wildman–Crippen MR) is 124 cm³/mol. The van der Waals surface area contributed by atoms with Gasteiger partial charge in [-0.3, -0.25) is 9.67 Å². The normalized spacial score (nSPS) is 18.0. The lowest BCUT2D eigenvalue weighted by molar-refractivity contribution is -0.00802. The fourth-order valence-corrected chi connectivity index (χ4v) is 5.36. The number of ether oxygens (including phenoxy) is 1. The molecular weight excluding hydrogens is 527 g/mol. The molecule has 1 saturated heterocycles. The lowest BCUT2D eigenvalue weighted by Crippen LogP contribution is -2.49. The van der Waals surface area contributed by atoms with Crippen molar-refractivity contribution >= 4 is 51.3 Å². The van der Waals surface area contributed by atoms with Crippen molar-refractivity contribution in [3.8, 4) is 0 Å². The van der Waals surface area contributed by atoms with Crippen molar-refractivity contribution in [2.75, 3.05) is 46.9 Å². The van der Waals surface area contributed by atoms with Gasteiger partial charge < -0.3 is 15.0 Å². The zero-order valence-electron chi connectivity index (χ0n) is 16.7. The number of likely N-dealkylation sites (N-methyl/N-ethyl adjacent to an activating group) is 1. The second-order valence-corrected chi connectivity index (χ2v) is 9.70. The number of hydrogen-bond acceptors (Lipinski definition) is 6. The summed E-state index contributed by atoms with van der Waals surface area (Å²) in [4.78, 5) is 6.46. The number of nitrogens with zero attached hydrogens (tertiary/aromatic N) is 5. The van der Waals surface area contributed by atoms with E-state index in [4.69, 9.17) is 4.74 Å². The molecule has 0 spiro atoms. The average molecular weight is 554 g/mol. The molecular formula is C17H27IN6O3S2. The zero-order valence-corrected chi connectivity index (χ0v) is 20.6. The fraction of sp³-hybridized carbons (Fsp3) is 0.529. The van der Waals surface area contributed by atoms with Gasteiger partial charge in [-0.15, -0.1) is 35.3 Å². The van der Waals surface area contributed by atoms with Crippen molar-refractivity contribution in [3.05, 3.63) is 35.5 Å². The Morgan fingerprint density at radius 2 is 2.31 bits per heavy atom. The highest BCUT2D eigenvalue weighted by Gasteiger charge is 2.26. The van der Waals surface area contributed by atoms with E-state index >= 15 is 0 Å². The number of sulfonamides is 1. The van der Waals surface area contributed by atoms with Crippen molar-refractivity contribution < 1.29 is 13.2 Å². The molecule has 1 N–H and O–H groups in total. The number of halogens is 1. The van der Waals surface area contributed by atoms with Crippen molar-refractivity contribution in [1.82, 2.24) is 24.3 Å². The Balaban J connectivity index is 0.00000300. The number of guanidine groups is 1. The summed E-state index contributed by atoms with van der Waals surface area (Å²) in [6.07, 6.45) is 3.70. The first-order valence-electron chi connectivity index (χ1n) is 8.97. The van der Waals surface area contributed by atoms with E-state index in [2.05, 4.69) is 20.3 Å². The fourth-order valence-electron chi connectivity index (χ4n) is 2.99. The van der Waals surface area contributed by atoms with E-state index < -0.39 is 10.0 Å². The summed E-state index contributed by atoms with van der Waals surface area (Å²) in [7, 11) is 1.76. The molecule has 0 saturated carbocycles. The van der Waals surface area contributed by atoms with E-state index in [-0.39, 0.29) is 30.1 Å². The van der Waals surface area contributed by atoms with E-state index in [1.807, 2.05) is 19.4 Å². The highest BCUT2D eigenvalue weighted by molar-refractivity contribution is 14.0. The molecule has 162 valence electrons. The topological polar surface area (TPSA) is 92.1 Å². The monoisotopic (exact) mass is 554 g/mol. The largest absolute Gasteiger partial charge is 0.370 e. The number of aryl methyl sites for hydroxylation is 1. The van der Waals surface area contributed by atoms with Gasteiger partial charge in [-0.1, -0.05) is 6.07 Å². The molecule has 2 aromatic rings. The van der Waals surface area contributed by atoms with Gasteiger partial charge in [0.1, 0.15) is 10.3 Å². The third kappa shape index (κ3) is 5.90. The van der Waals surface area contributed by atoms with Gasteiger partial charge in [0.25, 0.3) is 10.0 Å². The van der Waals surface area contributed by atoms with E-state index in [9.17, 15) is 8.42 Å². The van der Waals surface area contributed by atoms with E-state index in [0.717, 1.165) is 18.1 Å². The van der Waals surface area contributed by atoms with Gasteiger partial charge in [-0.25, -0.2) is 8.42 Å². The van der Waals surface area contributed by atoms with Crippen LogP contribution in [0.15, 0.2) is 39.1 Å². The Morgan fingerprint density at radius 3 is 2.93 bits per heavy atom. The SMILES string of the molecule is CN=C(NCCN(C)S(=O)(=O)c1cccs1)N1CCOC(c2cnn(C)c2)C1.I. The number of thiophene rings is 1. The first-order valence-corrected chi connectivity index (χ1v) is 11.3. The highest BCUT2D eigenvalue weighted by atomic mass is 127. The lowest BCUT2D eigenvalue weighted by atomic mass is 10.1. The molecule has 3 heterocycles. The Bertz CT molecular complexity index is 900. The predicted octanol–water partition coefficient (Wildman–Crippen LogP) is 1.37. The highest BCUT2D eigenvalue weighted by Crippen LogP contribution is 2.22. The summed E-state index contributed by atoms with van der Waals surface area (Å²) in [5.74, 6) is 0.735. The molecule has 9 nitrogen and oxygen atoms in total. The number of aliphatic imine (C=N–C) groups is 1. The van der Waals surface area contributed by atoms with E-state index in [1.165, 1.54) is 15.6 Å². The molecule has 0 aliphatic carbocycles. The van der Waals surface area contributed by atoms with Crippen LogP contribution < -0.4 is 5.32 Å². The van der Waals surface area contributed by atoms with Gasteiger partial charge in [0, 0.05) is 52.5 Å². The first kappa shape index (κ1) is 24.1. The average Bonchev–Trinajstić information content (AvgIpc) is 3.37. The van der Waals surface area contributed by atoms with Gasteiger partial charge in [0.15, 0.2) is 5.96 Å². The molecule has 0 radical (unpaired) electrons. The van der Waals surface area contributed by atoms with Crippen molar-refractivity contribution in [2.45, 2.75) is 10.3 Å². The molecule has 0 amide bonds. The number of rotatable bonds is 6. The third-order valence-corrected chi connectivity index (χ3v) is 7.77. The van der Waals surface area contributed by atoms with Crippen LogP contribution in [0.4, 0.5) is 0 Å². The minimum absolute atomic E-state index is 0. The van der Waals surface area contributed by atoms with Gasteiger partial charge in [-0.2, -0.15) is 9.40 Å². The standard InChI is InChI=1S/C17H26N6O3S2.HI/c1-18-17(19-6-7-22(3)28(24,25)16-5-4-10-27-16)23-8-9-26-15(13-23)14-11-20-21(2)12-14;/h4-5,10-12,15H,6-9,13H2,1-3H3,(H,18,19);1H. The Labute approximate surface area is 192 Å². The Morgan fingerprint density at radius 1 is 1.52 bits per heavy atom. The minimum Gasteiger partial charge on any atom is -0.370 e. The summed E-state index contributed by atoms with van der Waals surface area (Å²) >= 11 is 1.22. The number of morpholine rings is 1. The van der Waals surface area contributed by atoms with Crippen LogP contribution >= 0.6 is 35.3 Å². The summed E-state index contributed by atoms with van der Waals surface area (Å²) < 4.78 is 34.3. The minimum atomic E-state index is -3.44.